The molecule has 4 heteroatoms. The summed E-state index contributed by atoms with van der Waals surface area (Å²) < 4.78 is 0. The van der Waals surface area contributed by atoms with Gasteiger partial charge in [-0.15, -0.1) is 0 Å². The van der Waals surface area contributed by atoms with Crippen molar-refractivity contribution in [3.63, 3.8) is 0 Å². The van der Waals surface area contributed by atoms with E-state index >= 15 is 0 Å². The zero-order chi connectivity index (χ0) is 21.3. The molecule has 0 spiro atoms. The fourth-order valence-corrected chi connectivity index (χ4v) is 3.33. The van der Waals surface area contributed by atoms with Gasteiger partial charge in [0.1, 0.15) is 0 Å². The van der Waals surface area contributed by atoms with Crippen LogP contribution in [-0.2, 0) is 0 Å². The van der Waals surface area contributed by atoms with Crippen molar-refractivity contribution in [2.75, 3.05) is 0 Å². The van der Waals surface area contributed by atoms with E-state index in [1.807, 2.05) is 0 Å². The van der Waals surface area contributed by atoms with Gasteiger partial charge in [0.05, 0.1) is 6.17 Å². The molecule has 172 valence electrons. The van der Waals surface area contributed by atoms with E-state index in [-0.39, 0.29) is 6.17 Å². The molecule has 0 bridgehead atoms. The minimum Gasteiger partial charge on any atom is -0.368 e. The summed E-state index contributed by atoms with van der Waals surface area (Å²) in [6.45, 7) is 4.50. The van der Waals surface area contributed by atoms with Gasteiger partial charge in [-0.25, -0.2) is 0 Å². The number of rotatable bonds is 20. The van der Waals surface area contributed by atoms with Crippen molar-refractivity contribution in [1.82, 2.24) is 0 Å². The normalized spacial score (nSPS) is 11.1. The van der Waals surface area contributed by atoms with Gasteiger partial charge in [0.15, 0.2) is 6.29 Å². The highest BCUT2D eigenvalue weighted by Gasteiger charge is 1.97. The van der Waals surface area contributed by atoms with E-state index in [1.54, 1.807) is 0 Å². The molecule has 0 rings (SSSR count). The molecule has 0 aromatic heterocycles. The number of hydrogen-bond donors (Lipinski definition) is 4. The molecule has 0 aliphatic heterocycles. The molecule has 0 aromatic rings. The molecule has 0 aromatic carbocycles. The van der Waals surface area contributed by atoms with Crippen molar-refractivity contribution >= 4 is 0 Å². The van der Waals surface area contributed by atoms with E-state index in [0.717, 1.165) is 19.3 Å². The molecule has 0 saturated carbocycles. The van der Waals surface area contributed by atoms with Crippen LogP contribution >= 0.6 is 0 Å². The van der Waals surface area contributed by atoms with Gasteiger partial charge in [-0.3, -0.25) is 0 Å². The summed E-state index contributed by atoms with van der Waals surface area (Å²) in [5, 5.41) is 17.2. The van der Waals surface area contributed by atoms with Crippen LogP contribution in [0.3, 0.4) is 0 Å². The first-order valence-electron chi connectivity index (χ1n) is 12.4. The van der Waals surface area contributed by atoms with Gasteiger partial charge >= 0.3 is 0 Å². The Morgan fingerprint density at radius 2 is 0.750 bits per heavy atom. The number of aliphatic hydroxyl groups excluding tert-OH is 1. The molecule has 0 aliphatic rings. The average molecular weight is 403 g/mol. The van der Waals surface area contributed by atoms with Crippen LogP contribution in [0.5, 0.6) is 0 Å². The lowest BCUT2D eigenvalue weighted by atomic mass is 10.1. The quantitative estimate of drug-likeness (QED) is 0.141. The third kappa shape index (κ3) is 33.4. The maximum absolute atomic E-state index is 8.61. The smallest absolute Gasteiger partial charge is 0.151 e. The van der Waals surface area contributed by atoms with Crippen LogP contribution in [0.25, 0.3) is 0 Å². The first-order chi connectivity index (χ1) is 13.5. The number of aliphatic hydroxyl groups is 2. The average Bonchev–Trinajstić information content (AvgIpc) is 2.65. The summed E-state index contributed by atoms with van der Waals surface area (Å²) in [5.41, 5.74) is 10.9. The predicted molar refractivity (Wildman–Crippen MR) is 124 cm³/mol. The molecule has 4 nitrogen and oxygen atoms in total. The summed E-state index contributed by atoms with van der Waals surface area (Å²) in [6.07, 6.45) is 24.0. The van der Waals surface area contributed by atoms with Crippen molar-refractivity contribution in [2.45, 2.75) is 155 Å². The van der Waals surface area contributed by atoms with Crippen LogP contribution < -0.4 is 11.5 Å². The maximum Gasteiger partial charge on any atom is 0.151 e. The Morgan fingerprint density at radius 1 is 0.464 bits per heavy atom. The van der Waals surface area contributed by atoms with E-state index in [4.69, 9.17) is 21.7 Å². The summed E-state index contributed by atoms with van der Waals surface area (Å²) in [6, 6.07) is 0. The highest BCUT2D eigenvalue weighted by Crippen LogP contribution is 2.11. The Balaban J connectivity index is 0. The zero-order valence-corrected chi connectivity index (χ0v) is 19.3. The fourth-order valence-electron chi connectivity index (χ4n) is 3.33. The van der Waals surface area contributed by atoms with Crippen molar-refractivity contribution in [3.05, 3.63) is 0 Å². The summed E-state index contributed by atoms with van der Waals surface area (Å²) in [5.74, 6) is 0. The molecule has 0 unspecified atom stereocenters. The Hall–Kier alpha value is -0.160. The number of unbranched alkanes of at least 4 members (excludes halogenated alkanes) is 16. The van der Waals surface area contributed by atoms with Crippen molar-refractivity contribution < 1.29 is 10.2 Å². The second-order valence-electron chi connectivity index (χ2n) is 8.38. The molecule has 0 saturated heterocycles. The van der Waals surface area contributed by atoms with Gasteiger partial charge in [0.2, 0.25) is 0 Å². The molecule has 28 heavy (non-hydrogen) atoms. The molecule has 0 amide bonds. The molecule has 0 aliphatic carbocycles. The number of hydrogen-bond acceptors (Lipinski definition) is 4. The lowest BCUT2D eigenvalue weighted by Gasteiger charge is -2.04. The Bertz CT molecular complexity index is 235. The third-order valence-electron chi connectivity index (χ3n) is 5.21. The van der Waals surface area contributed by atoms with Crippen LogP contribution in [-0.4, -0.2) is 22.7 Å². The zero-order valence-electron chi connectivity index (χ0n) is 19.3. The minimum absolute atomic E-state index is 0.0976. The number of nitrogens with two attached hydrogens (primary N) is 2. The third-order valence-corrected chi connectivity index (χ3v) is 5.21. The molecule has 0 heterocycles. The molecule has 0 fully saturated rings. The second kappa shape index (κ2) is 26.8. The van der Waals surface area contributed by atoms with Crippen LogP contribution in [0.4, 0.5) is 0 Å². The van der Waals surface area contributed by atoms with Gasteiger partial charge in [-0.05, 0) is 19.3 Å². The van der Waals surface area contributed by atoms with Gasteiger partial charge in [-0.2, -0.15) is 0 Å². The lowest BCUT2D eigenvalue weighted by Crippen LogP contribution is -2.29. The van der Waals surface area contributed by atoms with Crippen LogP contribution in [0.2, 0.25) is 0 Å². The Labute approximate surface area is 176 Å². The van der Waals surface area contributed by atoms with E-state index in [0.29, 0.717) is 6.42 Å². The summed E-state index contributed by atoms with van der Waals surface area (Å²) >= 11 is 0. The Kier molecular flexibility index (Phi) is 28.8. The van der Waals surface area contributed by atoms with E-state index in [1.165, 1.54) is 103 Å². The monoisotopic (exact) mass is 402 g/mol. The fraction of sp³-hybridized carbons (Fsp3) is 1.00. The van der Waals surface area contributed by atoms with Crippen molar-refractivity contribution in [1.29, 1.82) is 0 Å². The molecule has 0 atom stereocenters. The van der Waals surface area contributed by atoms with Crippen LogP contribution in [0.1, 0.15) is 142 Å². The van der Waals surface area contributed by atoms with Crippen molar-refractivity contribution in [2.24, 2.45) is 11.5 Å². The van der Waals surface area contributed by atoms with Gasteiger partial charge in [0, 0.05) is 0 Å². The molecule has 6 N–H and O–H groups in total. The molecular weight excluding hydrogens is 348 g/mol. The highest BCUT2D eigenvalue weighted by atomic mass is 16.5. The molecular formula is C24H54N2O2. The first kappa shape index (κ1) is 30.0. The summed E-state index contributed by atoms with van der Waals surface area (Å²) in [4.78, 5) is 0. The Morgan fingerprint density at radius 3 is 1.04 bits per heavy atom. The topological polar surface area (TPSA) is 92.5 Å². The van der Waals surface area contributed by atoms with Crippen LogP contribution in [0, 0.1) is 0 Å². The second-order valence-corrected chi connectivity index (χ2v) is 8.38. The van der Waals surface area contributed by atoms with E-state index in [2.05, 4.69) is 13.8 Å². The lowest BCUT2D eigenvalue weighted by molar-refractivity contribution is -0.0466. The van der Waals surface area contributed by atoms with Crippen molar-refractivity contribution in [3.8, 4) is 0 Å². The minimum atomic E-state index is -1.10. The van der Waals surface area contributed by atoms with E-state index < -0.39 is 6.29 Å². The van der Waals surface area contributed by atoms with Gasteiger partial charge in [-0.1, -0.05) is 123 Å². The first-order valence-corrected chi connectivity index (χ1v) is 12.4. The highest BCUT2D eigenvalue weighted by molar-refractivity contribution is 4.52. The van der Waals surface area contributed by atoms with Crippen LogP contribution in [0.15, 0.2) is 0 Å². The molecule has 0 radical (unpaired) electrons. The standard InChI is InChI=1S/C12H28N2.C12H26O2/c2*1-2-3-4-5-6-7-8-9-10-11-12(13)14/h12H,2-11,13-14H2,1H3;12-14H,2-11H2,1H3. The van der Waals surface area contributed by atoms with Gasteiger partial charge < -0.3 is 21.7 Å². The van der Waals surface area contributed by atoms with E-state index in [9.17, 15) is 0 Å². The predicted octanol–water partition coefficient (Wildman–Crippen LogP) is 6.37. The van der Waals surface area contributed by atoms with Gasteiger partial charge in [0.25, 0.3) is 0 Å². The summed E-state index contributed by atoms with van der Waals surface area (Å²) in [7, 11) is 0. The SMILES string of the molecule is CCCCCCCCCCCC(N)N.CCCCCCCCCCCC(O)O. The largest absolute Gasteiger partial charge is 0.368 e. The maximum atomic E-state index is 8.61.